The van der Waals surface area contributed by atoms with Crippen LogP contribution in [0.5, 0.6) is 0 Å². The molecule has 2 aromatic rings. The van der Waals surface area contributed by atoms with Crippen LogP contribution >= 0.6 is 27.7 Å². The first-order valence-corrected chi connectivity index (χ1v) is 8.85. The first-order valence-electron chi connectivity index (χ1n) is 7.12. The van der Waals surface area contributed by atoms with E-state index in [2.05, 4.69) is 15.9 Å². The van der Waals surface area contributed by atoms with Gasteiger partial charge in [0.05, 0.1) is 18.4 Å². The summed E-state index contributed by atoms with van der Waals surface area (Å²) >= 11 is 4.86. The number of ether oxygens (including phenoxy) is 1. The summed E-state index contributed by atoms with van der Waals surface area (Å²) in [5, 5.41) is 0. The van der Waals surface area contributed by atoms with Crippen LogP contribution in [-0.2, 0) is 16.0 Å². The van der Waals surface area contributed by atoms with Gasteiger partial charge >= 0.3 is 5.97 Å². The molecule has 3 nitrogen and oxygen atoms in total. The predicted octanol–water partition coefficient (Wildman–Crippen LogP) is 4.52. The molecule has 2 rings (SSSR count). The molecule has 0 aliphatic rings. The van der Waals surface area contributed by atoms with E-state index in [0.717, 1.165) is 15.4 Å². The zero-order valence-electron chi connectivity index (χ0n) is 12.9. The molecule has 0 saturated carbocycles. The maximum absolute atomic E-state index is 12.2. The Balaban J connectivity index is 2.36. The molecule has 0 aromatic heterocycles. The highest BCUT2D eigenvalue weighted by atomic mass is 79.9. The molecule has 0 heterocycles. The van der Waals surface area contributed by atoms with E-state index in [1.807, 2.05) is 36.4 Å². The zero-order valence-corrected chi connectivity index (χ0v) is 15.3. The molecule has 0 spiro atoms. The number of carbonyl (C=O) groups is 2. The number of halogens is 1. The normalized spacial score (nSPS) is 11.8. The van der Waals surface area contributed by atoms with Gasteiger partial charge in [0.15, 0.2) is 5.78 Å². The molecule has 5 heteroatoms. The highest BCUT2D eigenvalue weighted by Crippen LogP contribution is 2.31. The van der Waals surface area contributed by atoms with Gasteiger partial charge in [-0.3, -0.25) is 9.59 Å². The van der Waals surface area contributed by atoms with Gasteiger partial charge in [-0.25, -0.2) is 0 Å². The zero-order chi connectivity index (χ0) is 16.8. The number of carbonyl (C=O) groups excluding carboxylic acids is 2. The number of hydrogen-bond donors (Lipinski definition) is 0. The molecule has 0 saturated heterocycles. The van der Waals surface area contributed by atoms with Crippen LogP contribution in [0.4, 0.5) is 0 Å². The van der Waals surface area contributed by atoms with Gasteiger partial charge in [0, 0.05) is 15.4 Å². The van der Waals surface area contributed by atoms with Crippen molar-refractivity contribution in [1.29, 1.82) is 0 Å². The third-order valence-electron chi connectivity index (χ3n) is 3.24. The Bertz CT molecular complexity index is 699. The summed E-state index contributed by atoms with van der Waals surface area (Å²) in [5.74, 6) is -0.330. The Kier molecular flexibility index (Phi) is 6.42. The molecule has 2 aromatic carbocycles. The molecule has 0 aliphatic carbocycles. The molecule has 0 radical (unpaired) electrons. The van der Waals surface area contributed by atoms with Crippen LogP contribution in [0.3, 0.4) is 0 Å². The van der Waals surface area contributed by atoms with Crippen LogP contribution in [0, 0.1) is 0 Å². The Morgan fingerprint density at radius 1 is 1.17 bits per heavy atom. The standard InChI is InChI=1S/C18H17BrO3S/c1-12(19)18(21)13-8-9-16(14(10-13)11-17(20)22-2)23-15-6-4-3-5-7-15/h3-10,12H,11H2,1-2H3/t12-/m0/s1. The van der Waals surface area contributed by atoms with E-state index in [4.69, 9.17) is 4.74 Å². The fourth-order valence-electron chi connectivity index (χ4n) is 2.04. The Hall–Kier alpha value is -1.59. The maximum atomic E-state index is 12.2. The van der Waals surface area contributed by atoms with Crippen LogP contribution < -0.4 is 0 Å². The van der Waals surface area contributed by atoms with Crippen LogP contribution in [0.1, 0.15) is 22.8 Å². The minimum absolute atomic E-state index is 0.00706. The van der Waals surface area contributed by atoms with Crippen LogP contribution in [-0.4, -0.2) is 23.7 Å². The summed E-state index contributed by atoms with van der Waals surface area (Å²) in [4.78, 5) is 25.6. The van der Waals surface area contributed by atoms with Gasteiger partial charge in [-0.15, -0.1) is 0 Å². The number of Topliss-reactive ketones (excluding diaryl/α,β-unsaturated/α-hetero) is 1. The summed E-state index contributed by atoms with van der Waals surface area (Å²) in [6, 6.07) is 15.4. The summed E-state index contributed by atoms with van der Waals surface area (Å²) in [6.07, 6.45) is 0.142. The molecule has 0 unspecified atom stereocenters. The van der Waals surface area contributed by atoms with Gasteiger partial charge in [0.1, 0.15) is 0 Å². The number of methoxy groups -OCH3 is 1. The number of hydrogen-bond acceptors (Lipinski definition) is 4. The van der Waals surface area contributed by atoms with Crippen LogP contribution in [0.2, 0.25) is 0 Å². The first kappa shape index (κ1) is 17.8. The van der Waals surface area contributed by atoms with Crippen molar-refractivity contribution in [3.8, 4) is 0 Å². The van der Waals surface area contributed by atoms with E-state index < -0.39 is 0 Å². The molecular formula is C18H17BrO3S. The summed E-state index contributed by atoms with van der Waals surface area (Å²) in [7, 11) is 1.36. The second-order valence-corrected chi connectivity index (χ2v) is 7.46. The van der Waals surface area contributed by atoms with Gasteiger partial charge in [0.25, 0.3) is 0 Å². The molecule has 0 aliphatic heterocycles. The third-order valence-corrected chi connectivity index (χ3v) is 4.78. The van der Waals surface area contributed by atoms with Gasteiger partial charge in [-0.2, -0.15) is 0 Å². The van der Waals surface area contributed by atoms with Crippen LogP contribution in [0.15, 0.2) is 58.3 Å². The Labute approximate surface area is 148 Å². The van der Waals surface area contributed by atoms with Gasteiger partial charge in [-0.05, 0) is 36.8 Å². The largest absolute Gasteiger partial charge is 0.469 e. The average Bonchev–Trinajstić information content (AvgIpc) is 2.56. The molecule has 0 fully saturated rings. The van der Waals surface area contributed by atoms with Crippen molar-refractivity contribution in [1.82, 2.24) is 0 Å². The number of rotatable bonds is 6. The maximum Gasteiger partial charge on any atom is 0.310 e. The van der Waals surface area contributed by atoms with E-state index in [0.29, 0.717) is 5.56 Å². The van der Waals surface area contributed by atoms with E-state index in [1.165, 1.54) is 7.11 Å². The number of esters is 1. The van der Waals surface area contributed by atoms with Gasteiger partial charge in [0.2, 0.25) is 0 Å². The van der Waals surface area contributed by atoms with Crippen molar-refractivity contribution < 1.29 is 14.3 Å². The third kappa shape index (κ3) is 4.94. The minimum Gasteiger partial charge on any atom is -0.469 e. The highest BCUT2D eigenvalue weighted by Gasteiger charge is 2.16. The number of alkyl halides is 1. The fraction of sp³-hybridized carbons (Fsp3) is 0.222. The quantitative estimate of drug-likeness (QED) is 0.411. The molecule has 1 atom stereocenters. The van der Waals surface area contributed by atoms with Crippen molar-refractivity contribution in [3.05, 3.63) is 59.7 Å². The summed E-state index contributed by atoms with van der Waals surface area (Å²) in [6.45, 7) is 1.79. The summed E-state index contributed by atoms with van der Waals surface area (Å²) < 4.78 is 4.76. The van der Waals surface area contributed by atoms with Gasteiger partial charge < -0.3 is 4.74 Å². The Morgan fingerprint density at radius 2 is 1.87 bits per heavy atom. The average molecular weight is 393 g/mol. The van der Waals surface area contributed by atoms with E-state index in [1.54, 1.807) is 30.8 Å². The molecule has 120 valence electrons. The van der Waals surface area contributed by atoms with Crippen molar-refractivity contribution in [3.63, 3.8) is 0 Å². The lowest BCUT2D eigenvalue weighted by Gasteiger charge is -2.11. The van der Waals surface area contributed by atoms with E-state index in [9.17, 15) is 9.59 Å². The smallest absolute Gasteiger partial charge is 0.310 e. The fourth-order valence-corrected chi connectivity index (χ4v) is 3.25. The highest BCUT2D eigenvalue weighted by molar-refractivity contribution is 9.10. The van der Waals surface area contributed by atoms with E-state index >= 15 is 0 Å². The minimum atomic E-state index is -0.323. The van der Waals surface area contributed by atoms with Crippen LogP contribution in [0.25, 0.3) is 0 Å². The number of ketones is 1. The predicted molar refractivity (Wildman–Crippen MR) is 95.4 cm³/mol. The van der Waals surface area contributed by atoms with Crippen molar-refractivity contribution in [2.75, 3.05) is 7.11 Å². The number of benzene rings is 2. The van der Waals surface area contributed by atoms with E-state index in [-0.39, 0.29) is 23.0 Å². The van der Waals surface area contributed by atoms with Crippen molar-refractivity contribution in [2.45, 2.75) is 28.0 Å². The van der Waals surface area contributed by atoms with Crippen molar-refractivity contribution >= 4 is 39.4 Å². The lowest BCUT2D eigenvalue weighted by molar-refractivity contribution is -0.139. The van der Waals surface area contributed by atoms with Gasteiger partial charge in [-0.1, -0.05) is 52.0 Å². The lowest BCUT2D eigenvalue weighted by atomic mass is 10.0. The molecule has 23 heavy (non-hydrogen) atoms. The first-order chi connectivity index (χ1) is 11.0. The monoisotopic (exact) mass is 392 g/mol. The summed E-state index contributed by atoms with van der Waals surface area (Å²) in [5.41, 5.74) is 1.38. The Morgan fingerprint density at radius 3 is 2.48 bits per heavy atom. The SMILES string of the molecule is COC(=O)Cc1cc(C(=O)[C@H](C)Br)ccc1Sc1ccccc1. The molecule has 0 N–H and O–H groups in total. The second-order valence-electron chi connectivity index (χ2n) is 4.97. The lowest BCUT2D eigenvalue weighted by Crippen LogP contribution is -2.12. The topological polar surface area (TPSA) is 43.4 Å². The molecule has 0 amide bonds. The second kappa shape index (κ2) is 8.31. The molecule has 0 bridgehead atoms. The molecular weight excluding hydrogens is 376 g/mol. The van der Waals surface area contributed by atoms with Crippen molar-refractivity contribution in [2.24, 2.45) is 0 Å².